The maximum absolute atomic E-state index is 12.8. The first-order valence-electron chi connectivity index (χ1n) is 8.16. The summed E-state index contributed by atoms with van der Waals surface area (Å²) in [6.45, 7) is 4.51. The minimum atomic E-state index is -0.212. The number of nitrogens with zero attached hydrogens (tertiary/aromatic N) is 5. The maximum atomic E-state index is 12.8. The topological polar surface area (TPSA) is 65.6 Å². The van der Waals surface area contributed by atoms with Crippen LogP contribution in [0.3, 0.4) is 0 Å². The number of hydrogen-bond acceptors (Lipinski definition) is 4. The van der Waals surface area contributed by atoms with E-state index in [9.17, 15) is 4.79 Å². The second-order valence-electron chi connectivity index (χ2n) is 6.26. The summed E-state index contributed by atoms with van der Waals surface area (Å²) in [5.74, 6) is 0. The number of benzene rings is 2. The Labute approximate surface area is 154 Å². The molecule has 26 heavy (non-hydrogen) atoms. The summed E-state index contributed by atoms with van der Waals surface area (Å²) >= 11 is 5.92. The zero-order valence-electron chi connectivity index (χ0n) is 14.3. The van der Waals surface area contributed by atoms with Gasteiger partial charge in [-0.15, -0.1) is 5.10 Å². The van der Waals surface area contributed by atoms with Gasteiger partial charge in [0.2, 0.25) is 0 Å². The van der Waals surface area contributed by atoms with E-state index in [0.29, 0.717) is 17.2 Å². The van der Waals surface area contributed by atoms with Gasteiger partial charge in [-0.05, 0) is 49.2 Å². The van der Waals surface area contributed by atoms with Gasteiger partial charge in [-0.2, -0.15) is 4.68 Å². The number of hydrogen-bond donors (Lipinski definition) is 0. The second-order valence-corrected chi connectivity index (χ2v) is 6.69. The highest BCUT2D eigenvalue weighted by atomic mass is 35.5. The zero-order valence-corrected chi connectivity index (χ0v) is 15.1. The molecule has 0 radical (unpaired) electrons. The van der Waals surface area contributed by atoms with E-state index in [2.05, 4.69) is 33.5 Å². The van der Waals surface area contributed by atoms with Crippen LogP contribution in [0.4, 0.5) is 0 Å². The highest BCUT2D eigenvalue weighted by Crippen LogP contribution is 2.16. The summed E-state index contributed by atoms with van der Waals surface area (Å²) < 4.78 is 3.10. The minimum absolute atomic E-state index is 0.212. The van der Waals surface area contributed by atoms with Crippen molar-refractivity contribution in [2.75, 3.05) is 0 Å². The van der Waals surface area contributed by atoms with Crippen LogP contribution in [-0.4, -0.2) is 24.5 Å². The van der Waals surface area contributed by atoms with Crippen molar-refractivity contribution in [1.29, 1.82) is 0 Å². The standard InChI is InChI=1S/C19H16ClN5O/c1-12-3-4-13(2)14(9-12)10-24-11-21-18-17(19(24)26)22-23-25(18)16-7-5-15(20)6-8-16/h3-9,11H,10H2,1-2H3. The predicted octanol–water partition coefficient (Wildman–Crippen LogP) is 3.30. The molecule has 2 aromatic carbocycles. The number of halogens is 1. The first-order valence-corrected chi connectivity index (χ1v) is 8.53. The molecule has 7 heteroatoms. The van der Waals surface area contributed by atoms with Gasteiger partial charge in [-0.25, -0.2) is 4.98 Å². The van der Waals surface area contributed by atoms with Gasteiger partial charge >= 0.3 is 0 Å². The van der Waals surface area contributed by atoms with E-state index in [1.54, 1.807) is 35.2 Å². The fraction of sp³-hybridized carbons (Fsp3) is 0.158. The van der Waals surface area contributed by atoms with Crippen molar-refractivity contribution in [2.45, 2.75) is 20.4 Å². The molecule has 0 saturated heterocycles. The van der Waals surface area contributed by atoms with E-state index in [1.807, 2.05) is 13.8 Å². The summed E-state index contributed by atoms with van der Waals surface area (Å²) in [5, 5.41) is 8.75. The van der Waals surface area contributed by atoms with Gasteiger partial charge in [0.1, 0.15) is 6.33 Å². The summed E-state index contributed by atoms with van der Waals surface area (Å²) in [4.78, 5) is 17.2. The van der Waals surface area contributed by atoms with Crippen molar-refractivity contribution < 1.29 is 0 Å². The SMILES string of the molecule is Cc1ccc(C)c(Cn2cnc3c(nnn3-c3ccc(Cl)cc3)c2=O)c1. The van der Waals surface area contributed by atoms with Crippen LogP contribution in [0.1, 0.15) is 16.7 Å². The molecule has 6 nitrogen and oxygen atoms in total. The van der Waals surface area contributed by atoms with Crippen LogP contribution in [0, 0.1) is 13.8 Å². The van der Waals surface area contributed by atoms with Gasteiger partial charge < -0.3 is 0 Å². The lowest BCUT2D eigenvalue weighted by Gasteiger charge is -2.09. The first-order chi connectivity index (χ1) is 12.5. The molecule has 0 fully saturated rings. The molecule has 0 aliphatic heterocycles. The third-order valence-corrected chi connectivity index (χ3v) is 4.60. The molecule has 4 aromatic rings. The average Bonchev–Trinajstić information content (AvgIpc) is 3.06. The minimum Gasteiger partial charge on any atom is -0.293 e. The molecule has 0 amide bonds. The number of fused-ring (bicyclic) bond motifs is 1. The largest absolute Gasteiger partial charge is 0.293 e. The van der Waals surface area contributed by atoms with E-state index in [-0.39, 0.29) is 11.1 Å². The van der Waals surface area contributed by atoms with Crippen molar-refractivity contribution in [3.05, 3.63) is 80.9 Å². The Bertz CT molecular complexity index is 1160. The summed E-state index contributed by atoms with van der Waals surface area (Å²) in [6, 6.07) is 13.3. The van der Waals surface area contributed by atoms with E-state index < -0.39 is 0 Å². The second kappa shape index (κ2) is 6.38. The van der Waals surface area contributed by atoms with Crippen LogP contribution in [0.2, 0.25) is 5.02 Å². The lowest BCUT2D eigenvalue weighted by Crippen LogP contribution is -2.22. The van der Waals surface area contributed by atoms with Gasteiger partial charge in [0.05, 0.1) is 12.2 Å². The Morgan fingerprint density at radius 3 is 2.62 bits per heavy atom. The summed E-state index contributed by atoms with van der Waals surface area (Å²) in [5.41, 5.74) is 4.57. The van der Waals surface area contributed by atoms with Crippen LogP contribution in [0.5, 0.6) is 0 Å². The molecule has 0 N–H and O–H groups in total. The van der Waals surface area contributed by atoms with Crippen LogP contribution in [-0.2, 0) is 6.54 Å². The Morgan fingerprint density at radius 2 is 1.85 bits per heavy atom. The first kappa shape index (κ1) is 16.5. The summed E-state index contributed by atoms with van der Waals surface area (Å²) in [6.07, 6.45) is 1.54. The molecule has 0 saturated carbocycles. The Hall–Kier alpha value is -2.99. The molecule has 4 rings (SSSR count). The van der Waals surface area contributed by atoms with Crippen LogP contribution >= 0.6 is 11.6 Å². The Balaban J connectivity index is 1.78. The molecule has 0 spiro atoms. The van der Waals surface area contributed by atoms with Crippen LogP contribution < -0.4 is 5.56 Å². The summed E-state index contributed by atoms with van der Waals surface area (Å²) in [7, 11) is 0. The van der Waals surface area contributed by atoms with Gasteiger partial charge in [-0.3, -0.25) is 9.36 Å². The molecule has 0 aliphatic carbocycles. The van der Waals surface area contributed by atoms with Crippen LogP contribution in [0.15, 0.2) is 53.6 Å². The number of aromatic nitrogens is 5. The lowest BCUT2D eigenvalue weighted by atomic mass is 10.1. The Morgan fingerprint density at radius 1 is 1.08 bits per heavy atom. The third kappa shape index (κ3) is 2.88. The van der Waals surface area contributed by atoms with Gasteiger partial charge in [0.15, 0.2) is 11.2 Å². The molecular weight excluding hydrogens is 350 g/mol. The highest BCUT2D eigenvalue weighted by Gasteiger charge is 2.14. The average molecular weight is 366 g/mol. The molecule has 0 unspecified atom stereocenters. The maximum Gasteiger partial charge on any atom is 0.283 e. The normalized spacial score (nSPS) is 11.2. The zero-order chi connectivity index (χ0) is 18.3. The van der Waals surface area contributed by atoms with E-state index in [4.69, 9.17) is 11.6 Å². The predicted molar refractivity (Wildman–Crippen MR) is 101 cm³/mol. The van der Waals surface area contributed by atoms with Gasteiger partial charge in [0, 0.05) is 5.02 Å². The van der Waals surface area contributed by atoms with Crippen molar-refractivity contribution in [3.63, 3.8) is 0 Å². The lowest BCUT2D eigenvalue weighted by molar-refractivity contribution is 0.741. The third-order valence-electron chi connectivity index (χ3n) is 4.35. The van der Waals surface area contributed by atoms with E-state index in [1.165, 1.54) is 4.68 Å². The molecular formula is C19H16ClN5O. The number of aryl methyl sites for hydroxylation is 2. The molecule has 0 atom stereocenters. The van der Waals surface area contributed by atoms with Gasteiger partial charge in [0.25, 0.3) is 5.56 Å². The molecule has 0 aliphatic rings. The molecule has 2 aromatic heterocycles. The van der Waals surface area contributed by atoms with Gasteiger partial charge in [-0.1, -0.05) is 40.6 Å². The highest BCUT2D eigenvalue weighted by molar-refractivity contribution is 6.30. The quantitative estimate of drug-likeness (QED) is 0.558. The Kier molecular flexibility index (Phi) is 4.05. The van der Waals surface area contributed by atoms with Crippen molar-refractivity contribution in [3.8, 4) is 5.69 Å². The molecule has 130 valence electrons. The molecule has 0 bridgehead atoms. The monoisotopic (exact) mass is 365 g/mol. The van der Waals surface area contributed by atoms with E-state index in [0.717, 1.165) is 22.4 Å². The van der Waals surface area contributed by atoms with Crippen LogP contribution in [0.25, 0.3) is 16.9 Å². The number of rotatable bonds is 3. The molecule has 2 heterocycles. The van der Waals surface area contributed by atoms with Crippen molar-refractivity contribution >= 4 is 22.8 Å². The van der Waals surface area contributed by atoms with Crippen molar-refractivity contribution in [2.24, 2.45) is 0 Å². The van der Waals surface area contributed by atoms with E-state index >= 15 is 0 Å². The smallest absolute Gasteiger partial charge is 0.283 e. The fourth-order valence-electron chi connectivity index (χ4n) is 2.87. The fourth-order valence-corrected chi connectivity index (χ4v) is 2.99. The van der Waals surface area contributed by atoms with Crippen molar-refractivity contribution in [1.82, 2.24) is 24.5 Å².